The zero-order chi connectivity index (χ0) is 12.4. The third-order valence-electron chi connectivity index (χ3n) is 3.49. The van der Waals surface area contributed by atoms with Crippen LogP contribution in [0.25, 0.3) is 0 Å². The molecule has 1 atom stereocenters. The molecule has 0 amide bonds. The first-order chi connectivity index (χ1) is 8.81. The Bertz CT molecular complexity index is 422. The number of fused-ring (bicyclic) bond motifs is 1. The minimum atomic E-state index is -0.170. The number of ether oxygens (including phenoxy) is 2. The van der Waals surface area contributed by atoms with Crippen molar-refractivity contribution in [3.05, 3.63) is 23.8 Å². The molecule has 1 aromatic carbocycles. The van der Waals surface area contributed by atoms with Gasteiger partial charge in [0.15, 0.2) is 11.5 Å². The highest BCUT2D eigenvalue weighted by Gasteiger charge is 2.18. The Morgan fingerprint density at radius 3 is 2.89 bits per heavy atom. The first-order valence-corrected chi connectivity index (χ1v) is 6.60. The lowest BCUT2D eigenvalue weighted by atomic mass is 10.1. The highest BCUT2D eigenvalue weighted by Crippen LogP contribution is 2.31. The Hall–Kier alpha value is -1.26. The molecular weight excluding hydrogens is 230 g/mol. The van der Waals surface area contributed by atoms with Gasteiger partial charge in [0.1, 0.15) is 13.2 Å². The summed E-state index contributed by atoms with van der Waals surface area (Å²) < 4.78 is 11.1. The van der Waals surface area contributed by atoms with Gasteiger partial charge in [-0.15, -0.1) is 0 Å². The van der Waals surface area contributed by atoms with Crippen LogP contribution in [0.1, 0.15) is 18.4 Å². The van der Waals surface area contributed by atoms with E-state index in [1.165, 1.54) is 5.56 Å². The van der Waals surface area contributed by atoms with Crippen molar-refractivity contribution in [3.63, 3.8) is 0 Å². The Morgan fingerprint density at radius 1 is 1.22 bits per heavy atom. The summed E-state index contributed by atoms with van der Waals surface area (Å²) in [5.74, 6) is 1.68. The summed E-state index contributed by atoms with van der Waals surface area (Å²) in [6.07, 6.45) is 1.83. The number of benzene rings is 1. The van der Waals surface area contributed by atoms with Crippen molar-refractivity contribution in [3.8, 4) is 11.5 Å². The Kier molecular flexibility index (Phi) is 3.39. The van der Waals surface area contributed by atoms with E-state index in [-0.39, 0.29) is 6.10 Å². The third-order valence-corrected chi connectivity index (χ3v) is 3.49. The Balaban J connectivity index is 1.69. The molecule has 0 aromatic heterocycles. The summed E-state index contributed by atoms with van der Waals surface area (Å²) in [6.45, 7) is 3.96. The van der Waals surface area contributed by atoms with Gasteiger partial charge < -0.3 is 14.6 Å². The van der Waals surface area contributed by atoms with Gasteiger partial charge in [0.2, 0.25) is 0 Å². The van der Waals surface area contributed by atoms with Crippen LogP contribution in [0.3, 0.4) is 0 Å². The lowest BCUT2D eigenvalue weighted by Gasteiger charge is -2.30. The molecule has 98 valence electrons. The van der Waals surface area contributed by atoms with E-state index in [2.05, 4.69) is 17.0 Å². The number of hydrogen-bond donors (Lipinski definition) is 1. The molecule has 3 rings (SSSR count). The Labute approximate surface area is 107 Å². The second kappa shape index (κ2) is 5.16. The molecule has 1 aromatic rings. The number of hydrogen-bond acceptors (Lipinski definition) is 4. The number of piperidine rings is 1. The first-order valence-electron chi connectivity index (χ1n) is 6.60. The van der Waals surface area contributed by atoms with E-state index < -0.39 is 0 Å². The van der Waals surface area contributed by atoms with Crippen molar-refractivity contribution in [2.24, 2.45) is 0 Å². The van der Waals surface area contributed by atoms with Gasteiger partial charge in [-0.2, -0.15) is 0 Å². The van der Waals surface area contributed by atoms with Crippen LogP contribution in [0.5, 0.6) is 11.5 Å². The molecule has 0 bridgehead atoms. The number of aliphatic hydroxyl groups excluding tert-OH is 1. The van der Waals surface area contributed by atoms with Gasteiger partial charge in [-0.3, -0.25) is 4.90 Å². The van der Waals surface area contributed by atoms with Gasteiger partial charge in [-0.05, 0) is 37.1 Å². The average molecular weight is 249 g/mol. The first kappa shape index (κ1) is 11.8. The maximum Gasteiger partial charge on any atom is 0.161 e. The van der Waals surface area contributed by atoms with Crippen molar-refractivity contribution >= 4 is 0 Å². The standard InChI is InChI=1S/C14H19NO3/c16-12-2-1-5-15(10-12)9-11-3-4-13-14(8-11)18-7-6-17-13/h3-4,8,12,16H,1-2,5-7,9-10H2. The van der Waals surface area contributed by atoms with Crippen LogP contribution in [0, 0.1) is 0 Å². The fraction of sp³-hybridized carbons (Fsp3) is 0.571. The van der Waals surface area contributed by atoms with E-state index in [1.807, 2.05) is 6.07 Å². The van der Waals surface area contributed by atoms with Crippen LogP contribution < -0.4 is 9.47 Å². The van der Waals surface area contributed by atoms with Crippen molar-refractivity contribution in [2.45, 2.75) is 25.5 Å². The minimum Gasteiger partial charge on any atom is -0.486 e. The lowest BCUT2D eigenvalue weighted by Crippen LogP contribution is -2.37. The fourth-order valence-electron chi connectivity index (χ4n) is 2.62. The zero-order valence-corrected chi connectivity index (χ0v) is 10.5. The van der Waals surface area contributed by atoms with Crippen LogP contribution in [-0.2, 0) is 6.54 Å². The predicted molar refractivity (Wildman–Crippen MR) is 67.9 cm³/mol. The van der Waals surface area contributed by atoms with Gasteiger partial charge in [0, 0.05) is 13.1 Å². The highest BCUT2D eigenvalue weighted by molar-refractivity contribution is 5.43. The molecule has 1 unspecified atom stereocenters. The van der Waals surface area contributed by atoms with E-state index in [0.717, 1.165) is 44.0 Å². The van der Waals surface area contributed by atoms with E-state index in [4.69, 9.17) is 9.47 Å². The van der Waals surface area contributed by atoms with Crippen LogP contribution >= 0.6 is 0 Å². The predicted octanol–water partition coefficient (Wildman–Crippen LogP) is 1.41. The largest absolute Gasteiger partial charge is 0.486 e. The second-order valence-electron chi connectivity index (χ2n) is 5.01. The molecule has 18 heavy (non-hydrogen) atoms. The summed E-state index contributed by atoms with van der Waals surface area (Å²) in [6, 6.07) is 6.11. The fourth-order valence-corrected chi connectivity index (χ4v) is 2.62. The second-order valence-corrected chi connectivity index (χ2v) is 5.01. The van der Waals surface area contributed by atoms with E-state index in [1.54, 1.807) is 0 Å². The van der Waals surface area contributed by atoms with Crippen molar-refractivity contribution in [2.75, 3.05) is 26.3 Å². The van der Waals surface area contributed by atoms with Gasteiger partial charge >= 0.3 is 0 Å². The number of rotatable bonds is 2. The number of β-amino-alcohol motifs (C(OH)–C–C–N with tert-alkyl or cyclic N) is 1. The maximum absolute atomic E-state index is 9.66. The van der Waals surface area contributed by atoms with Crippen molar-refractivity contribution < 1.29 is 14.6 Å². The van der Waals surface area contributed by atoms with E-state index in [0.29, 0.717) is 13.2 Å². The monoisotopic (exact) mass is 249 g/mol. The molecule has 2 aliphatic rings. The SMILES string of the molecule is OC1CCCN(Cc2ccc3c(c2)OCCO3)C1. The quantitative estimate of drug-likeness (QED) is 0.860. The average Bonchev–Trinajstić information content (AvgIpc) is 2.39. The summed E-state index contributed by atoms with van der Waals surface area (Å²) in [7, 11) is 0. The molecule has 1 N–H and O–H groups in total. The molecule has 2 aliphatic heterocycles. The smallest absolute Gasteiger partial charge is 0.161 e. The number of aliphatic hydroxyl groups is 1. The van der Waals surface area contributed by atoms with E-state index >= 15 is 0 Å². The molecule has 0 spiro atoms. The highest BCUT2D eigenvalue weighted by atomic mass is 16.6. The molecule has 0 aliphatic carbocycles. The third kappa shape index (κ3) is 2.60. The molecule has 1 fully saturated rings. The summed E-state index contributed by atoms with van der Waals surface area (Å²) in [5.41, 5.74) is 1.22. The molecule has 4 heteroatoms. The molecule has 2 heterocycles. The Morgan fingerprint density at radius 2 is 2.06 bits per heavy atom. The molecule has 0 radical (unpaired) electrons. The van der Waals surface area contributed by atoms with Crippen LogP contribution in [0.15, 0.2) is 18.2 Å². The van der Waals surface area contributed by atoms with Crippen molar-refractivity contribution in [1.29, 1.82) is 0 Å². The zero-order valence-electron chi connectivity index (χ0n) is 10.5. The molecule has 1 saturated heterocycles. The molecule has 0 saturated carbocycles. The van der Waals surface area contributed by atoms with E-state index in [9.17, 15) is 5.11 Å². The maximum atomic E-state index is 9.66. The minimum absolute atomic E-state index is 0.170. The normalized spacial score (nSPS) is 23.9. The lowest BCUT2D eigenvalue weighted by molar-refractivity contribution is 0.0667. The van der Waals surface area contributed by atoms with Crippen molar-refractivity contribution in [1.82, 2.24) is 4.90 Å². The number of likely N-dealkylation sites (tertiary alicyclic amines) is 1. The van der Waals surface area contributed by atoms with Gasteiger partial charge in [-0.25, -0.2) is 0 Å². The van der Waals surface area contributed by atoms with Crippen LogP contribution in [0.2, 0.25) is 0 Å². The van der Waals surface area contributed by atoms with Gasteiger partial charge in [0.05, 0.1) is 6.10 Å². The number of nitrogens with zero attached hydrogens (tertiary/aromatic N) is 1. The van der Waals surface area contributed by atoms with Gasteiger partial charge in [0.25, 0.3) is 0 Å². The van der Waals surface area contributed by atoms with Gasteiger partial charge in [-0.1, -0.05) is 6.07 Å². The summed E-state index contributed by atoms with van der Waals surface area (Å²) >= 11 is 0. The summed E-state index contributed by atoms with van der Waals surface area (Å²) in [4.78, 5) is 2.29. The molecular formula is C14H19NO3. The molecule has 4 nitrogen and oxygen atoms in total. The summed E-state index contributed by atoms with van der Waals surface area (Å²) in [5, 5.41) is 9.66. The van der Waals surface area contributed by atoms with Crippen LogP contribution in [-0.4, -0.2) is 42.4 Å². The van der Waals surface area contributed by atoms with Crippen LogP contribution in [0.4, 0.5) is 0 Å². The topological polar surface area (TPSA) is 41.9 Å².